The van der Waals surface area contributed by atoms with Gasteiger partial charge in [-0.1, -0.05) is 12.1 Å². The van der Waals surface area contributed by atoms with Crippen LogP contribution >= 0.6 is 11.8 Å². The number of sulfone groups is 1. The third-order valence-electron chi connectivity index (χ3n) is 6.65. The number of aromatic nitrogens is 4. The first-order valence-corrected chi connectivity index (χ1v) is 15.5. The van der Waals surface area contributed by atoms with Crippen LogP contribution in [0.25, 0.3) is 0 Å². The number of rotatable bonds is 9. The zero-order valence-corrected chi connectivity index (χ0v) is 24.5. The molecule has 0 atom stereocenters. The van der Waals surface area contributed by atoms with Crippen molar-refractivity contribution in [3.63, 3.8) is 0 Å². The molecule has 14 heteroatoms. The molecular formula is C28H27F2N7O3S2. The monoisotopic (exact) mass is 611 g/mol. The molecule has 0 bridgehead atoms. The van der Waals surface area contributed by atoms with E-state index in [0.717, 1.165) is 55.9 Å². The zero-order chi connectivity index (χ0) is 29.9. The smallest absolute Gasteiger partial charge is 0.204 e. The van der Waals surface area contributed by atoms with Crippen LogP contribution in [0.15, 0.2) is 57.4 Å². The zero-order valence-electron chi connectivity index (χ0n) is 22.8. The van der Waals surface area contributed by atoms with Gasteiger partial charge in [0.2, 0.25) is 5.75 Å². The van der Waals surface area contributed by atoms with Crippen LogP contribution < -0.4 is 15.0 Å². The van der Waals surface area contributed by atoms with Crippen molar-refractivity contribution in [2.75, 3.05) is 30.4 Å². The van der Waals surface area contributed by atoms with Crippen molar-refractivity contribution in [2.45, 2.75) is 46.9 Å². The van der Waals surface area contributed by atoms with Gasteiger partial charge in [0.1, 0.15) is 17.7 Å². The highest BCUT2D eigenvalue weighted by Crippen LogP contribution is 2.39. The Morgan fingerprint density at radius 1 is 1.14 bits per heavy atom. The number of piperidine rings is 1. The third kappa shape index (κ3) is 6.32. The Kier molecular flexibility index (Phi) is 8.60. The number of hydrogen-bond acceptors (Lipinski definition) is 10. The number of methoxy groups -OCH3 is 1. The molecule has 0 radical (unpaired) electrons. The van der Waals surface area contributed by atoms with Crippen molar-refractivity contribution in [1.29, 1.82) is 5.26 Å². The number of aromatic amines is 1. The van der Waals surface area contributed by atoms with Crippen LogP contribution in [0, 0.1) is 29.9 Å². The molecular weight excluding hydrogens is 584 g/mol. The lowest BCUT2D eigenvalue weighted by molar-refractivity contribution is 0.409. The van der Waals surface area contributed by atoms with E-state index >= 15 is 4.39 Å². The van der Waals surface area contributed by atoms with E-state index in [1.807, 2.05) is 6.92 Å². The normalized spacial score (nSPS) is 13.5. The molecule has 1 aliphatic rings. The lowest BCUT2D eigenvalue weighted by atomic mass is 10.1. The second kappa shape index (κ2) is 12.3. The second-order valence-corrected chi connectivity index (χ2v) is 12.7. The van der Waals surface area contributed by atoms with E-state index in [1.165, 1.54) is 37.4 Å². The van der Waals surface area contributed by atoms with E-state index in [0.29, 0.717) is 23.2 Å². The molecule has 10 nitrogen and oxygen atoms in total. The number of H-pyrrole nitrogens is 1. The highest BCUT2D eigenvalue weighted by Gasteiger charge is 2.25. The topological polar surface area (TPSA) is 137 Å². The minimum atomic E-state index is -4.12. The number of nitriles is 1. The summed E-state index contributed by atoms with van der Waals surface area (Å²) in [5.74, 6) is -0.577. The number of anilines is 3. The van der Waals surface area contributed by atoms with Gasteiger partial charge in [-0.25, -0.2) is 27.2 Å². The van der Waals surface area contributed by atoms with Crippen molar-refractivity contribution in [2.24, 2.45) is 0 Å². The molecule has 1 fully saturated rings. The molecule has 1 saturated heterocycles. The van der Waals surface area contributed by atoms with Crippen LogP contribution in [-0.2, 0) is 15.6 Å². The molecule has 0 spiro atoms. The van der Waals surface area contributed by atoms with E-state index in [9.17, 15) is 12.8 Å². The van der Waals surface area contributed by atoms with Crippen LogP contribution in [0.4, 0.5) is 26.2 Å². The van der Waals surface area contributed by atoms with Gasteiger partial charge in [0, 0.05) is 30.4 Å². The van der Waals surface area contributed by atoms with E-state index < -0.39 is 27.2 Å². The highest BCUT2D eigenvalue weighted by molar-refractivity contribution is 7.99. The maximum Gasteiger partial charge on any atom is 0.204 e. The summed E-state index contributed by atoms with van der Waals surface area (Å²) in [5, 5.41) is 19.5. The van der Waals surface area contributed by atoms with Gasteiger partial charge in [-0.2, -0.15) is 10.4 Å². The summed E-state index contributed by atoms with van der Waals surface area (Å²) in [6, 6.07) is 10.9. The van der Waals surface area contributed by atoms with E-state index in [1.54, 1.807) is 12.1 Å². The molecule has 4 aromatic rings. The molecule has 0 unspecified atom stereocenters. The SMILES string of the molecule is COc1c(Nc2cc(C)[nH]n2)nc(Sc2ccc(S(=O)(=O)Cc3cccc(C#N)c3F)cc2F)nc1N1CCCCC1. The highest BCUT2D eigenvalue weighted by atomic mass is 32.2. The summed E-state index contributed by atoms with van der Waals surface area (Å²) in [7, 11) is -2.59. The number of hydrogen-bond donors (Lipinski definition) is 2. The fraction of sp³-hybridized carbons (Fsp3) is 0.286. The summed E-state index contributed by atoms with van der Waals surface area (Å²) in [4.78, 5) is 11.2. The summed E-state index contributed by atoms with van der Waals surface area (Å²) in [6.45, 7) is 3.41. The minimum absolute atomic E-state index is 0.0999. The molecule has 2 aromatic carbocycles. The number of nitrogens with one attached hydrogen (secondary N) is 2. The molecule has 0 aliphatic carbocycles. The van der Waals surface area contributed by atoms with E-state index in [-0.39, 0.29) is 26.1 Å². The van der Waals surface area contributed by atoms with Crippen molar-refractivity contribution in [3.8, 4) is 11.8 Å². The minimum Gasteiger partial charge on any atom is -0.490 e. The number of ether oxygens (including phenoxy) is 1. The largest absolute Gasteiger partial charge is 0.490 e. The number of halogens is 2. The summed E-state index contributed by atoms with van der Waals surface area (Å²) in [6.07, 6.45) is 3.10. The fourth-order valence-electron chi connectivity index (χ4n) is 4.58. The number of nitrogens with zero attached hydrogens (tertiary/aromatic N) is 5. The first kappa shape index (κ1) is 29.3. The number of benzene rings is 2. The van der Waals surface area contributed by atoms with Gasteiger partial charge in [-0.3, -0.25) is 5.10 Å². The maximum absolute atomic E-state index is 15.3. The number of aryl methyl sites for hydroxylation is 1. The first-order chi connectivity index (χ1) is 20.2. The summed E-state index contributed by atoms with van der Waals surface area (Å²) >= 11 is 0.934. The Morgan fingerprint density at radius 2 is 1.93 bits per heavy atom. The lowest BCUT2D eigenvalue weighted by Gasteiger charge is -2.29. The lowest BCUT2D eigenvalue weighted by Crippen LogP contribution is -2.31. The van der Waals surface area contributed by atoms with Crippen molar-refractivity contribution >= 4 is 39.1 Å². The Labute approximate surface area is 246 Å². The molecule has 218 valence electrons. The van der Waals surface area contributed by atoms with Gasteiger partial charge >= 0.3 is 0 Å². The Morgan fingerprint density at radius 3 is 2.60 bits per heavy atom. The molecule has 0 saturated carbocycles. The Bertz CT molecular complexity index is 1770. The standard InChI is InChI=1S/C28H27F2N7O3S2/c1-17-13-23(36-35-17)32-26-25(40-2)27(37-11-4-3-5-12-37)34-28(33-26)41-22-10-9-20(14-21(22)29)42(38,39)16-19-8-6-7-18(15-31)24(19)30/h6-10,13-14H,3-5,11-12,16H2,1-2H3,(H2,32,33,34,35,36). The maximum atomic E-state index is 15.3. The first-order valence-electron chi connectivity index (χ1n) is 13.1. The van der Waals surface area contributed by atoms with Crippen LogP contribution in [0.5, 0.6) is 5.75 Å². The second-order valence-electron chi connectivity index (χ2n) is 9.66. The van der Waals surface area contributed by atoms with Crippen molar-refractivity contribution in [1.82, 2.24) is 20.2 Å². The van der Waals surface area contributed by atoms with Gasteiger partial charge in [-0.05, 0) is 62.2 Å². The average Bonchev–Trinajstić information content (AvgIpc) is 3.39. The van der Waals surface area contributed by atoms with Gasteiger partial charge in [0.25, 0.3) is 0 Å². The van der Waals surface area contributed by atoms with Crippen molar-refractivity contribution < 1.29 is 21.9 Å². The molecule has 2 aromatic heterocycles. The average molecular weight is 612 g/mol. The Balaban J connectivity index is 1.46. The molecule has 2 N–H and O–H groups in total. The van der Waals surface area contributed by atoms with Crippen LogP contribution in [0.1, 0.15) is 36.1 Å². The van der Waals surface area contributed by atoms with Crippen molar-refractivity contribution in [3.05, 3.63) is 70.9 Å². The van der Waals surface area contributed by atoms with E-state index in [4.69, 9.17) is 15.0 Å². The van der Waals surface area contributed by atoms with Gasteiger partial charge in [0.05, 0.1) is 28.2 Å². The molecule has 5 rings (SSSR count). The van der Waals surface area contributed by atoms with Gasteiger partial charge in [0.15, 0.2) is 32.4 Å². The predicted molar refractivity (Wildman–Crippen MR) is 154 cm³/mol. The summed E-state index contributed by atoms with van der Waals surface area (Å²) in [5.41, 5.74) is 0.409. The predicted octanol–water partition coefficient (Wildman–Crippen LogP) is 5.53. The molecule has 3 heterocycles. The fourth-order valence-corrected chi connectivity index (χ4v) is 6.70. The molecule has 42 heavy (non-hydrogen) atoms. The molecule has 0 amide bonds. The van der Waals surface area contributed by atoms with Gasteiger partial charge < -0.3 is 15.0 Å². The van der Waals surface area contributed by atoms with Crippen LogP contribution in [-0.4, -0.2) is 48.8 Å². The Hall–Kier alpha value is -4.22. The third-order valence-corrected chi connectivity index (χ3v) is 9.23. The van der Waals surface area contributed by atoms with E-state index in [2.05, 4.69) is 25.4 Å². The van der Waals surface area contributed by atoms with Gasteiger partial charge in [-0.15, -0.1) is 0 Å². The summed E-state index contributed by atoms with van der Waals surface area (Å²) < 4.78 is 61.5. The van der Waals surface area contributed by atoms with Crippen LogP contribution in [0.3, 0.4) is 0 Å². The molecule has 1 aliphatic heterocycles. The quantitative estimate of drug-likeness (QED) is 0.233. The van der Waals surface area contributed by atoms with Crippen LogP contribution in [0.2, 0.25) is 0 Å².